The lowest BCUT2D eigenvalue weighted by Crippen LogP contribution is -2.31. The predicted octanol–water partition coefficient (Wildman–Crippen LogP) is -0.695. The number of aliphatic hydroxyl groups excluding tert-OH is 2. The Kier molecular flexibility index (Phi) is 2.40. The van der Waals surface area contributed by atoms with Crippen LogP contribution >= 0.6 is 0 Å². The van der Waals surface area contributed by atoms with E-state index in [0.717, 1.165) is 0 Å². The van der Waals surface area contributed by atoms with Crippen molar-refractivity contribution in [1.82, 2.24) is 0 Å². The molecule has 0 unspecified atom stereocenters. The molecule has 4 heteroatoms. The van der Waals surface area contributed by atoms with Gasteiger partial charge in [0.1, 0.15) is 6.61 Å². The normalized spacial score (nSPS) is 10.0. The van der Waals surface area contributed by atoms with Gasteiger partial charge in [-0.05, 0) is 6.07 Å². The lowest BCUT2D eigenvalue weighted by atomic mass is 10.2. The summed E-state index contributed by atoms with van der Waals surface area (Å²) in [5.74, 6) is 0. The van der Waals surface area contributed by atoms with Crippen LogP contribution in [0, 0.1) is 5.21 Å². The Labute approximate surface area is 63.9 Å². The molecular weight excluding hydrogens is 146 g/mol. The average Bonchev–Trinajstić information content (AvgIpc) is 2.04. The van der Waals surface area contributed by atoms with E-state index in [1.807, 2.05) is 0 Å². The van der Waals surface area contributed by atoms with E-state index in [9.17, 15) is 5.21 Å². The van der Waals surface area contributed by atoms with Gasteiger partial charge >= 0.3 is 0 Å². The molecule has 0 saturated heterocycles. The zero-order valence-corrected chi connectivity index (χ0v) is 5.90. The molecule has 1 aromatic rings. The van der Waals surface area contributed by atoms with Crippen LogP contribution in [0.1, 0.15) is 11.3 Å². The summed E-state index contributed by atoms with van der Waals surface area (Å²) in [6.45, 7) is -0.441. The highest BCUT2D eigenvalue weighted by atomic mass is 16.5. The van der Waals surface area contributed by atoms with Crippen molar-refractivity contribution in [3.8, 4) is 0 Å². The molecule has 60 valence electrons. The first-order chi connectivity index (χ1) is 5.27. The van der Waals surface area contributed by atoms with Crippen LogP contribution in [-0.4, -0.2) is 10.2 Å². The van der Waals surface area contributed by atoms with Gasteiger partial charge in [-0.25, -0.2) is 0 Å². The molecule has 0 amide bonds. The Morgan fingerprint density at radius 1 is 1.27 bits per heavy atom. The zero-order valence-electron chi connectivity index (χ0n) is 5.90. The summed E-state index contributed by atoms with van der Waals surface area (Å²) in [6, 6.07) is 3.08. The quantitative estimate of drug-likeness (QED) is 0.438. The van der Waals surface area contributed by atoms with E-state index in [4.69, 9.17) is 10.2 Å². The molecule has 0 aliphatic heterocycles. The highest BCUT2D eigenvalue weighted by molar-refractivity contribution is 5.07. The number of hydrogen-bond acceptors (Lipinski definition) is 3. The fourth-order valence-corrected chi connectivity index (χ4v) is 0.769. The van der Waals surface area contributed by atoms with Crippen LogP contribution in [0.5, 0.6) is 0 Å². The lowest BCUT2D eigenvalue weighted by molar-refractivity contribution is -0.616. The number of rotatable bonds is 2. The molecule has 0 saturated carbocycles. The largest absolute Gasteiger partial charge is 0.618 e. The number of nitrogens with zero attached hydrogens (tertiary/aromatic N) is 1. The highest BCUT2D eigenvalue weighted by Crippen LogP contribution is 1.97. The fraction of sp³-hybridized carbons (Fsp3) is 0.286. The molecule has 1 rings (SSSR count). The van der Waals surface area contributed by atoms with Crippen molar-refractivity contribution in [3.05, 3.63) is 34.8 Å². The maximum absolute atomic E-state index is 10.9. The third-order valence-corrected chi connectivity index (χ3v) is 1.40. The molecular formula is C7H9NO3. The Morgan fingerprint density at radius 3 is 2.45 bits per heavy atom. The molecule has 0 aromatic carbocycles. The zero-order chi connectivity index (χ0) is 8.27. The Morgan fingerprint density at radius 2 is 2.00 bits per heavy atom. The van der Waals surface area contributed by atoms with Gasteiger partial charge in [0, 0.05) is 11.6 Å². The minimum absolute atomic E-state index is 0.159. The Balaban J connectivity index is 2.99. The Bertz CT molecular complexity index is 249. The number of pyridine rings is 1. The maximum atomic E-state index is 10.9. The summed E-state index contributed by atoms with van der Waals surface area (Å²) >= 11 is 0. The fourth-order valence-electron chi connectivity index (χ4n) is 0.769. The van der Waals surface area contributed by atoms with Gasteiger partial charge in [0.25, 0.3) is 0 Å². The average molecular weight is 155 g/mol. The van der Waals surface area contributed by atoms with Crippen LogP contribution < -0.4 is 4.73 Å². The molecule has 1 heterocycles. The van der Waals surface area contributed by atoms with Crippen LogP contribution in [0.15, 0.2) is 18.3 Å². The summed E-state index contributed by atoms with van der Waals surface area (Å²) in [7, 11) is 0. The van der Waals surface area contributed by atoms with Crippen molar-refractivity contribution < 1.29 is 14.9 Å². The minimum atomic E-state index is -0.283. The van der Waals surface area contributed by atoms with Gasteiger partial charge in [-0.15, -0.1) is 0 Å². The van der Waals surface area contributed by atoms with Gasteiger partial charge in [-0.1, -0.05) is 0 Å². The number of aromatic nitrogens is 1. The van der Waals surface area contributed by atoms with E-state index < -0.39 is 0 Å². The van der Waals surface area contributed by atoms with Crippen molar-refractivity contribution in [2.24, 2.45) is 0 Å². The molecule has 1 aromatic heterocycles. The summed E-state index contributed by atoms with van der Waals surface area (Å²) in [5.41, 5.74) is 0.819. The van der Waals surface area contributed by atoms with E-state index >= 15 is 0 Å². The van der Waals surface area contributed by atoms with Gasteiger partial charge in [0.2, 0.25) is 5.69 Å². The lowest BCUT2D eigenvalue weighted by Gasteiger charge is -2.02. The molecule has 4 nitrogen and oxygen atoms in total. The van der Waals surface area contributed by atoms with Crippen LogP contribution in [0.4, 0.5) is 0 Å². The number of aliphatic hydroxyl groups is 2. The van der Waals surface area contributed by atoms with E-state index in [2.05, 4.69) is 0 Å². The first-order valence-electron chi connectivity index (χ1n) is 3.20. The first kappa shape index (κ1) is 7.97. The molecule has 0 aliphatic carbocycles. The second-order valence-corrected chi connectivity index (χ2v) is 2.17. The van der Waals surface area contributed by atoms with Crippen molar-refractivity contribution in [3.63, 3.8) is 0 Å². The summed E-state index contributed by atoms with van der Waals surface area (Å²) in [4.78, 5) is 0. The molecule has 2 N–H and O–H groups in total. The molecule has 11 heavy (non-hydrogen) atoms. The molecule has 0 bridgehead atoms. The van der Waals surface area contributed by atoms with Crippen LogP contribution in [0.25, 0.3) is 0 Å². The molecule has 0 atom stereocenters. The third kappa shape index (κ3) is 1.66. The molecule has 0 spiro atoms. The highest BCUT2D eigenvalue weighted by Gasteiger charge is 2.03. The topological polar surface area (TPSA) is 67.4 Å². The summed E-state index contributed by atoms with van der Waals surface area (Å²) < 4.78 is 0.547. The van der Waals surface area contributed by atoms with Crippen LogP contribution in [-0.2, 0) is 13.2 Å². The van der Waals surface area contributed by atoms with Gasteiger partial charge in [0.15, 0.2) is 6.20 Å². The van der Waals surface area contributed by atoms with Gasteiger partial charge in [-0.3, -0.25) is 0 Å². The van der Waals surface area contributed by atoms with Crippen LogP contribution in [0.3, 0.4) is 0 Å². The van der Waals surface area contributed by atoms with Gasteiger partial charge in [0.05, 0.1) is 6.61 Å². The van der Waals surface area contributed by atoms with E-state index in [-0.39, 0.29) is 18.9 Å². The van der Waals surface area contributed by atoms with Crippen molar-refractivity contribution in [2.75, 3.05) is 0 Å². The molecule has 0 radical (unpaired) electrons. The molecule has 0 aliphatic rings. The van der Waals surface area contributed by atoms with Gasteiger partial charge in [-0.2, -0.15) is 4.73 Å². The monoisotopic (exact) mass is 155 g/mol. The second kappa shape index (κ2) is 3.32. The third-order valence-electron chi connectivity index (χ3n) is 1.40. The van der Waals surface area contributed by atoms with E-state index in [1.165, 1.54) is 12.3 Å². The Hall–Kier alpha value is -1.13. The SMILES string of the molecule is [O-][n+]1cc(CO)ccc1CO. The summed E-state index contributed by atoms with van der Waals surface area (Å²) in [5, 5.41) is 28.1. The van der Waals surface area contributed by atoms with Gasteiger partial charge < -0.3 is 15.4 Å². The number of hydrogen-bond donors (Lipinski definition) is 2. The standard InChI is InChI=1S/C7H9NO3/c9-4-6-1-2-7(5-10)8(11)3-6/h1-3,9-10H,4-5H2. The second-order valence-electron chi connectivity index (χ2n) is 2.17. The van der Waals surface area contributed by atoms with Crippen LogP contribution in [0.2, 0.25) is 0 Å². The minimum Gasteiger partial charge on any atom is -0.618 e. The van der Waals surface area contributed by atoms with Crippen molar-refractivity contribution >= 4 is 0 Å². The van der Waals surface area contributed by atoms with Crippen molar-refractivity contribution in [1.29, 1.82) is 0 Å². The van der Waals surface area contributed by atoms with E-state index in [0.29, 0.717) is 10.3 Å². The first-order valence-corrected chi connectivity index (χ1v) is 3.20. The smallest absolute Gasteiger partial charge is 0.218 e. The van der Waals surface area contributed by atoms with Crippen molar-refractivity contribution in [2.45, 2.75) is 13.2 Å². The van der Waals surface area contributed by atoms with E-state index in [1.54, 1.807) is 6.07 Å². The maximum Gasteiger partial charge on any atom is 0.218 e. The molecule has 0 fully saturated rings. The predicted molar refractivity (Wildman–Crippen MR) is 37.2 cm³/mol. The summed E-state index contributed by atoms with van der Waals surface area (Å²) in [6.07, 6.45) is 1.24.